The van der Waals surface area contributed by atoms with E-state index in [1.165, 1.54) is 11.1 Å². The summed E-state index contributed by atoms with van der Waals surface area (Å²) in [5.74, 6) is 2.04. The van der Waals surface area contributed by atoms with Gasteiger partial charge >= 0.3 is 0 Å². The Balaban J connectivity index is 1.66. The molecule has 5 heteroatoms. The second-order valence-electron chi connectivity index (χ2n) is 7.00. The molecule has 0 saturated carbocycles. The summed E-state index contributed by atoms with van der Waals surface area (Å²) in [5.41, 5.74) is 4.31. The molecule has 4 rings (SSSR count). The standard InChI is InChI=1S/C23H24N4O/c1-3-7-21-26-23(27-28-21)19-15-18-14-16(2)10-11-20(18)25-22(19)24-13-12-17-8-5-4-6-9-17/h4-6,8-11,14-15H,3,7,12-13H2,1-2H3,(H,24,25). The lowest BCUT2D eigenvalue weighted by Crippen LogP contribution is -2.08. The summed E-state index contributed by atoms with van der Waals surface area (Å²) >= 11 is 0. The molecule has 28 heavy (non-hydrogen) atoms. The summed E-state index contributed by atoms with van der Waals surface area (Å²) in [6.07, 6.45) is 2.67. The molecular formula is C23H24N4O. The smallest absolute Gasteiger partial charge is 0.226 e. The van der Waals surface area contributed by atoms with Crippen LogP contribution in [0.25, 0.3) is 22.3 Å². The number of fused-ring (bicyclic) bond motifs is 1. The first-order chi connectivity index (χ1) is 13.7. The fourth-order valence-electron chi connectivity index (χ4n) is 3.25. The SMILES string of the molecule is CCCc1nc(-c2cc3cc(C)ccc3nc2NCCc2ccccc2)no1. The Bertz CT molecular complexity index is 1070. The summed E-state index contributed by atoms with van der Waals surface area (Å²) in [5, 5.41) is 8.75. The van der Waals surface area contributed by atoms with Crippen molar-refractivity contribution in [2.45, 2.75) is 33.1 Å². The Hall–Kier alpha value is -3.21. The third kappa shape index (κ3) is 4.03. The van der Waals surface area contributed by atoms with E-state index in [0.29, 0.717) is 11.7 Å². The molecule has 2 aromatic carbocycles. The zero-order valence-electron chi connectivity index (χ0n) is 16.3. The topological polar surface area (TPSA) is 63.8 Å². The highest BCUT2D eigenvalue weighted by atomic mass is 16.5. The maximum Gasteiger partial charge on any atom is 0.226 e. The van der Waals surface area contributed by atoms with Gasteiger partial charge in [-0.25, -0.2) is 4.98 Å². The van der Waals surface area contributed by atoms with Gasteiger partial charge in [-0.2, -0.15) is 4.98 Å². The van der Waals surface area contributed by atoms with Crippen molar-refractivity contribution in [3.8, 4) is 11.4 Å². The molecular weight excluding hydrogens is 348 g/mol. The molecule has 0 amide bonds. The quantitative estimate of drug-likeness (QED) is 0.483. The lowest BCUT2D eigenvalue weighted by molar-refractivity contribution is 0.378. The number of rotatable bonds is 7. The molecule has 0 fully saturated rings. The molecule has 0 spiro atoms. The average Bonchev–Trinajstić information content (AvgIpc) is 3.17. The van der Waals surface area contributed by atoms with Gasteiger partial charge < -0.3 is 9.84 Å². The van der Waals surface area contributed by atoms with Crippen LogP contribution in [0.2, 0.25) is 0 Å². The van der Waals surface area contributed by atoms with E-state index in [0.717, 1.165) is 48.1 Å². The first-order valence-electron chi connectivity index (χ1n) is 9.75. The van der Waals surface area contributed by atoms with Crippen molar-refractivity contribution in [1.82, 2.24) is 15.1 Å². The second-order valence-corrected chi connectivity index (χ2v) is 7.00. The molecule has 0 aliphatic heterocycles. The van der Waals surface area contributed by atoms with Gasteiger partial charge in [0.05, 0.1) is 11.1 Å². The fourth-order valence-corrected chi connectivity index (χ4v) is 3.25. The summed E-state index contributed by atoms with van der Waals surface area (Å²) in [7, 11) is 0. The number of aromatic nitrogens is 3. The number of anilines is 1. The van der Waals surface area contributed by atoms with Gasteiger partial charge in [0.25, 0.3) is 0 Å². The average molecular weight is 372 g/mol. The zero-order valence-corrected chi connectivity index (χ0v) is 16.3. The van der Waals surface area contributed by atoms with E-state index in [-0.39, 0.29) is 0 Å². The van der Waals surface area contributed by atoms with Crippen LogP contribution in [0.5, 0.6) is 0 Å². The first kappa shape index (κ1) is 18.2. The van der Waals surface area contributed by atoms with Crippen molar-refractivity contribution >= 4 is 16.7 Å². The van der Waals surface area contributed by atoms with E-state index >= 15 is 0 Å². The van der Waals surface area contributed by atoms with E-state index in [9.17, 15) is 0 Å². The van der Waals surface area contributed by atoms with Crippen LogP contribution < -0.4 is 5.32 Å². The maximum atomic E-state index is 5.41. The molecule has 2 aromatic heterocycles. The predicted molar refractivity (Wildman–Crippen MR) is 112 cm³/mol. The lowest BCUT2D eigenvalue weighted by atomic mass is 10.1. The molecule has 0 atom stereocenters. The Labute approximate surface area is 164 Å². The van der Waals surface area contributed by atoms with E-state index in [1.54, 1.807) is 0 Å². The van der Waals surface area contributed by atoms with Crippen LogP contribution in [-0.4, -0.2) is 21.7 Å². The first-order valence-corrected chi connectivity index (χ1v) is 9.75. The van der Waals surface area contributed by atoms with Gasteiger partial charge in [-0.15, -0.1) is 0 Å². The molecule has 0 aliphatic carbocycles. The monoisotopic (exact) mass is 372 g/mol. The number of hydrogen-bond donors (Lipinski definition) is 1. The van der Waals surface area contributed by atoms with Crippen LogP contribution in [0.3, 0.4) is 0 Å². The fraction of sp³-hybridized carbons (Fsp3) is 0.261. The van der Waals surface area contributed by atoms with E-state index in [2.05, 4.69) is 77.8 Å². The van der Waals surface area contributed by atoms with Crippen molar-refractivity contribution < 1.29 is 4.52 Å². The molecule has 0 unspecified atom stereocenters. The molecule has 142 valence electrons. The molecule has 1 N–H and O–H groups in total. The van der Waals surface area contributed by atoms with E-state index in [4.69, 9.17) is 9.51 Å². The van der Waals surface area contributed by atoms with Gasteiger partial charge in [0.1, 0.15) is 5.82 Å². The number of nitrogens with one attached hydrogen (secondary N) is 1. The zero-order chi connectivity index (χ0) is 19.3. The van der Waals surface area contributed by atoms with E-state index in [1.807, 2.05) is 6.07 Å². The van der Waals surface area contributed by atoms with Gasteiger partial charge in [-0.1, -0.05) is 54.0 Å². The van der Waals surface area contributed by atoms with Crippen molar-refractivity contribution in [3.05, 3.63) is 71.6 Å². The van der Waals surface area contributed by atoms with Crippen molar-refractivity contribution in [3.63, 3.8) is 0 Å². The molecule has 4 aromatic rings. The van der Waals surface area contributed by atoms with Crippen LogP contribution in [-0.2, 0) is 12.8 Å². The van der Waals surface area contributed by atoms with Crippen LogP contribution >= 0.6 is 0 Å². The minimum absolute atomic E-state index is 0.585. The van der Waals surface area contributed by atoms with Crippen molar-refractivity contribution in [1.29, 1.82) is 0 Å². The molecule has 0 aliphatic rings. The largest absolute Gasteiger partial charge is 0.369 e. The van der Waals surface area contributed by atoms with Gasteiger partial charge in [0.15, 0.2) is 0 Å². The van der Waals surface area contributed by atoms with Gasteiger partial charge in [-0.3, -0.25) is 0 Å². The normalized spacial score (nSPS) is 11.1. The Morgan fingerprint density at radius 1 is 0.964 bits per heavy atom. The van der Waals surface area contributed by atoms with Crippen LogP contribution in [0.4, 0.5) is 5.82 Å². The second kappa shape index (κ2) is 8.21. The van der Waals surface area contributed by atoms with Gasteiger partial charge in [0, 0.05) is 18.4 Å². The number of pyridine rings is 1. The Morgan fingerprint density at radius 2 is 1.82 bits per heavy atom. The summed E-state index contributed by atoms with van der Waals surface area (Å²) in [6, 6.07) is 18.8. The highest BCUT2D eigenvalue weighted by Crippen LogP contribution is 2.29. The van der Waals surface area contributed by atoms with E-state index < -0.39 is 0 Å². The number of nitrogens with zero attached hydrogens (tertiary/aromatic N) is 3. The third-order valence-electron chi connectivity index (χ3n) is 4.69. The maximum absolute atomic E-state index is 5.41. The summed E-state index contributed by atoms with van der Waals surface area (Å²) < 4.78 is 5.41. The Kier molecular flexibility index (Phi) is 5.33. The number of benzene rings is 2. The molecule has 0 saturated heterocycles. The summed E-state index contributed by atoms with van der Waals surface area (Å²) in [4.78, 5) is 9.41. The predicted octanol–water partition coefficient (Wildman–Crippen LogP) is 5.20. The number of hydrogen-bond acceptors (Lipinski definition) is 5. The van der Waals surface area contributed by atoms with Gasteiger partial charge in [0.2, 0.25) is 11.7 Å². The van der Waals surface area contributed by atoms with Crippen LogP contribution in [0.1, 0.15) is 30.4 Å². The van der Waals surface area contributed by atoms with Crippen molar-refractivity contribution in [2.24, 2.45) is 0 Å². The molecule has 0 bridgehead atoms. The highest BCUT2D eigenvalue weighted by Gasteiger charge is 2.15. The third-order valence-corrected chi connectivity index (χ3v) is 4.69. The summed E-state index contributed by atoms with van der Waals surface area (Å²) in [6.45, 7) is 4.96. The molecule has 2 heterocycles. The Morgan fingerprint density at radius 3 is 2.64 bits per heavy atom. The highest BCUT2D eigenvalue weighted by molar-refractivity contribution is 5.88. The minimum atomic E-state index is 0.585. The van der Waals surface area contributed by atoms with Crippen LogP contribution in [0.15, 0.2) is 59.1 Å². The van der Waals surface area contributed by atoms with Gasteiger partial charge in [-0.05, 0) is 43.5 Å². The van der Waals surface area contributed by atoms with Crippen LogP contribution in [0, 0.1) is 6.92 Å². The minimum Gasteiger partial charge on any atom is -0.369 e. The molecule has 0 radical (unpaired) electrons. The lowest BCUT2D eigenvalue weighted by Gasteiger charge is -2.11. The van der Waals surface area contributed by atoms with Crippen molar-refractivity contribution in [2.75, 3.05) is 11.9 Å². The number of aryl methyl sites for hydroxylation is 2. The molecule has 5 nitrogen and oxygen atoms in total.